The highest BCUT2D eigenvalue weighted by Crippen LogP contribution is 2.20. The van der Waals surface area contributed by atoms with Crippen molar-refractivity contribution >= 4 is 11.9 Å². The van der Waals surface area contributed by atoms with Crippen molar-refractivity contribution in [1.82, 2.24) is 4.90 Å². The van der Waals surface area contributed by atoms with E-state index in [9.17, 15) is 9.59 Å². The molecule has 134 valence electrons. The first-order valence-corrected chi connectivity index (χ1v) is 7.94. The van der Waals surface area contributed by atoms with Crippen LogP contribution < -0.4 is 4.74 Å². The Morgan fingerprint density at radius 1 is 1.21 bits per heavy atom. The molecule has 1 rings (SSSR count). The molecule has 6 heteroatoms. The average Bonchev–Trinajstić information content (AvgIpc) is 2.58. The van der Waals surface area contributed by atoms with Gasteiger partial charge in [-0.25, -0.2) is 0 Å². The summed E-state index contributed by atoms with van der Waals surface area (Å²) in [5.41, 5.74) is 2.12. The summed E-state index contributed by atoms with van der Waals surface area (Å²) in [6.07, 6.45) is 0. The lowest BCUT2D eigenvalue weighted by molar-refractivity contribution is -0.146. The Kier molecular flexibility index (Phi) is 8.26. The number of amides is 1. The van der Waals surface area contributed by atoms with Gasteiger partial charge < -0.3 is 19.1 Å². The van der Waals surface area contributed by atoms with Crippen molar-refractivity contribution in [1.29, 1.82) is 0 Å². The Hall–Kier alpha value is -2.08. The lowest BCUT2D eigenvalue weighted by Crippen LogP contribution is -2.41. The zero-order valence-electron chi connectivity index (χ0n) is 15.1. The lowest BCUT2D eigenvalue weighted by Gasteiger charge is -2.25. The minimum absolute atomic E-state index is 0.0814. The molecule has 0 bridgehead atoms. The van der Waals surface area contributed by atoms with Crippen LogP contribution in [0.5, 0.6) is 5.75 Å². The van der Waals surface area contributed by atoms with Crippen molar-refractivity contribution in [3.05, 3.63) is 29.3 Å². The van der Waals surface area contributed by atoms with Gasteiger partial charge in [0.1, 0.15) is 5.75 Å². The molecule has 0 aliphatic carbocycles. The van der Waals surface area contributed by atoms with Crippen LogP contribution in [0.4, 0.5) is 0 Å². The number of esters is 1. The zero-order valence-corrected chi connectivity index (χ0v) is 15.1. The van der Waals surface area contributed by atoms with Crippen LogP contribution in [0, 0.1) is 19.8 Å². The topological polar surface area (TPSA) is 65.1 Å². The van der Waals surface area contributed by atoms with Crippen molar-refractivity contribution in [2.24, 2.45) is 5.92 Å². The van der Waals surface area contributed by atoms with Crippen LogP contribution in [0.25, 0.3) is 0 Å². The molecule has 0 N–H and O–H groups in total. The Labute approximate surface area is 143 Å². The van der Waals surface area contributed by atoms with E-state index in [2.05, 4.69) is 0 Å². The van der Waals surface area contributed by atoms with Gasteiger partial charge in [0, 0.05) is 20.2 Å². The number of carbonyl (C=O) groups is 2. The van der Waals surface area contributed by atoms with Gasteiger partial charge in [0.25, 0.3) is 5.91 Å². The van der Waals surface area contributed by atoms with Gasteiger partial charge >= 0.3 is 5.97 Å². The molecule has 0 aliphatic heterocycles. The normalized spacial score (nSPS) is 11.7. The summed E-state index contributed by atoms with van der Waals surface area (Å²) in [6.45, 7) is 6.65. The summed E-state index contributed by atoms with van der Waals surface area (Å²) in [5.74, 6) is -0.253. The largest absolute Gasteiger partial charge is 0.483 e. The maximum atomic E-state index is 12.5. The molecule has 0 spiro atoms. The Balaban J connectivity index is 2.69. The first-order valence-electron chi connectivity index (χ1n) is 7.94. The molecule has 24 heavy (non-hydrogen) atoms. The highest BCUT2D eigenvalue weighted by atomic mass is 16.5. The Morgan fingerprint density at radius 3 is 2.54 bits per heavy atom. The standard InChI is InChI=1S/C18H27NO5/c1-13-7-6-8-16(15(13)3)24-12-17(20)19(9-10-22-4)11-14(2)18(21)23-5/h6-8,14H,9-12H2,1-5H3. The maximum absolute atomic E-state index is 12.5. The van der Waals surface area contributed by atoms with Gasteiger partial charge in [-0.15, -0.1) is 0 Å². The van der Waals surface area contributed by atoms with E-state index in [1.165, 1.54) is 7.11 Å². The van der Waals surface area contributed by atoms with Gasteiger partial charge in [-0.1, -0.05) is 19.1 Å². The van der Waals surface area contributed by atoms with Gasteiger partial charge in [-0.3, -0.25) is 9.59 Å². The summed E-state index contributed by atoms with van der Waals surface area (Å²) >= 11 is 0. The summed E-state index contributed by atoms with van der Waals surface area (Å²) in [7, 11) is 2.91. The van der Waals surface area contributed by atoms with Crippen LogP contribution in [0.1, 0.15) is 18.1 Å². The third kappa shape index (κ3) is 5.85. The molecular weight excluding hydrogens is 310 g/mol. The molecule has 0 aliphatic rings. The second kappa shape index (κ2) is 9.93. The van der Waals surface area contributed by atoms with Gasteiger partial charge in [0.2, 0.25) is 0 Å². The smallest absolute Gasteiger partial charge is 0.310 e. The number of carbonyl (C=O) groups excluding carboxylic acids is 2. The third-order valence-corrected chi connectivity index (χ3v) is 3.92. The number of aryl methyl sites for hydroxylation is 1. The number of methoxy groups -OCH3 is 2. The van der Waals surface area contributed by atoms with Gasteiger partial charge in [0.05, 0.1) is 19.6 Å². The highest BCUT2D eigenvalue weighted by Gasteiger charge is 2.22. The molecule has 1 unspecified atom stereocenters. The van der Waals surface area contributed by atoms with E-state index in [4.69, 9.17) is 14.2 Å². The first-order chi connectivity index (χ1) is 11.4. The quantitative estimate of drug-likeness (QED) is 0.645. The van der Waals surface area contributed by atoms with E-state index in [0.717, 1.165) is 11.1 Å². The third-order valence-electron chi connectivity index (χ3n) is 3.92. The summed E-state index contributed by atoms with van der Waals surface area (Å²) in [6, 6.07) is 5.73. The summed E-state index contributed by atoms with van der Waals surface area (Å²) < 4.78 is 15.4. The number of ether oxygens (including phenoxy) is 3. The number of hydrogen-bond acceptors (Lipinski definition) is 5. The second-order valence-corrected chi connectivity index (χ2v) is 5.74. The van der Waals surface area contributed by atoms with E-state index in [0.29, 0.717) is 18.9 Å². The first kappa shape index (κ1) is 20.0. The molecule has 1 amide bonds. The van der Waals surface area contributed by atoms with Crippen molar-refractivity contribution in [2.45, 2.75) is 20.8 Å². The molecule has 1 atom stereocenters. The van der Waals surface area contributed by atoms with Gasteiger partial charge in [0.15, 0.2) is 6.61 Å². The molecule has 0 heterocycles. The second-order valence-electron chi connectivity index (χ2n) is 5.74. The van der Waals surface area contributed by atoms with E-state index in [-0.39, 0.29) is 25.0 Å². The zero-order chi connectivity index (χ0) is 18.1. The van der Waals surface area contributed by atoms with Gasteiger partial charge in [-0.2, -0.15) is 0 Å². The van der Waals surface area contributed by atoms with Crippen molar-refractivity contribution in [3.8, 4) is 5.75 Å². The fraction of sp³-hybridized carbons (Fsp3) is 0.556. The molecule has 1 aromatic carbocycles. The summed E-state index contributed by atoms with van der Waals surface area (Å²) in [4.78, 5) is 25.6. The molecular formula is C18H27NO5. The molecule has 6 nitrogen and oxygen atoms in total. The van der Waals surface area contributed by atoms with E-state index in [1.54, 1.807) is 18.9 Å². The molecule has 0 fully saturated rings. The molecule has 1 aromatic rings. The number of nitrogens with zero attached hydrogens (tertiary/aromatic N) is 1. The van der Waals surface area contributed by atoms with Crippen molar-refractivity contribution < 1.29 is 23.8 Å². The molecule has 0 saturated heterocycles. The van der Waals surface area contributed by atoms with E-state index in [1.807, 2.05) is 32.0 Å². The lowest BCUT2D eigenvalue weighted by atomic mass is 10.1. The van der Waals surface area contributed by atoms with E-state index < -0.39 is 5.92 Å². The monoisotopic (exact) mass is 337 g/mol. The highest BCUT2D eigenvalue weighted by molar-refractivity contribution is 5.79. The van der Waals surface area contributed by atoms with Gasteiger partial charge in [-0.05, 0) is 31.0 Å². The van der Waals surface area contributed by atoms with Crippen LogP contribution in [-0.2, 0) is 19.1 Å². The van der Waals surface area contributed by atoms with Crippen molar-refractivity contribution in [3.63, 3.8) is 0 Å². The average molecular weight is 337 g/mol. The minimum atomic E-state index is -0.406. The predicted molar refractivity (Wildman–Crippen MR) is 91.0 cm³/mol. The van der Waals surface area contributed by atoms with Crippen LogP contribution in [0.2, 0.25) is 0 Å². The fourth-order valence-electron chi connectivity index (χ4n) is 2.24. The SMILES string of the molecule is COCCN(CC(C)C(=O)OC)C(=O)COc1cccc(C)c1C. The van der Waals surface area contributed by atoms with Crippen LogP contribution >= 0.6 is 0 Å². The predicted octanol–water partition coefficient (Wildman–Crippen LogP) is 1.97. The molecule has 0 aromatic heterocycles. The Morgan fingerprint density at radius 2 is 1.92 bits per heavy atom. The van der Waals surface area contributed by atoms with Crippen LogP contribution in [0.3, 0.4) is 0 Å². The number of hydrogen-bond donors (Lipinski definition) is 0. The van der Waals surface area contributed by atoms with E-state index >= 15 is 0 Å². The summed E-state index contributed by atoms with van der Waals surface area (Å²) in [5, 5.41) is 0. The van der Waals surface area contributed by atoms with Crippen molar-refractivity contribution in [2.75, 3.05) is 40.5 Å². The molecule has 0 saturated carbocycles. The van der Waals surface area contributed by atoms with Crippen LogP contribution in [-0.4, -0.2) is 57.3 Å². The fourth-order valence-corrected chi connectivity index (χ4v) is 2.24. The van der Waals surface area contributed by atoms with Crippen LogP contribution in [0.15, 0.2) is 18.2 Å². The minimum Gasteiger partial charge on any atom is -0.483 e. The molecule has 0 radical (unpaired) electrons. The maximum Gasteiger partial charge on any atom is 0.310 e. The number of benzene rings is 1. The Bertz CT molecular complexity index is 558. The number of rotatable bonds is 9.